The van der Waals surface area contributed by atoms with Crippen LogP contribution in [0.1, 0.15) is 0 Å². The highest BCUT2D eigenvalue weighted by Gasteiger charge is 2.44. The van der Waals surface area contributed by atoms with Crippen LogP contribution in [-0.2, 0) is 4.79 Å². The second-order valence-corrected chi connectivity index (χ2v) is 5.95. The van der Waals surface area contributed by atoms with Gasteiger partial charge in [0.15, 0.2) is 11.5 Å². The van der Waals surface area contributed by atoms with Crippen LogP contribution in [0.3, 0.4) is 0 Å². The SMILES string of the molecule is Cl.O=C(NCC(N1CCNCC1)C(F)(F)F)C1COc2ccccc2O1. The predicted octanol–water partition coefficient (Wildman–Crippen LogP) is 1.20. The highest BCUT2D eigenvalue weighted by molar-refractivity contribution is 5.85. The van der Waals surface area contributed by atoms with E-state index in [1.165, 1.54) is 4.90 Å². The first-order valence-electron chi connectivity index (χ1n) is 8.13. The van der Waals surface area contributed by atoms with Crippen molar-refractivity contribution in [1.82, 2.24) is 15.5 Å². The van der Waals surface area contributed by atoms with Gasteiger partial charge in [0, 0.05) is 32.7 Å². The third kappa shape index (κ3) is 4.93. The summed E-state index contributed by atoms with van der Waals surface area (Å²) < 4.78 is 50.9. The number of alkyl halides is 3. The number of carbonyl (C=O) groups excluding carboxylic acids is 1. The number of para-hydroxylation sites is 2. The molecule has 6 nitrogen and oxygen atoms in total. The molecule has 146 valence electrons. The number of fused-ring (bicyclic) bond motifs is 1. The molecule has 26 heavy (non-hydrogen) atoms. The summed E-state index contributed by atoms with van der Waals surface area (Å²) in [7, 11) is 0. The van der Waals surface area contributed by atoms with E-state index in [4.69, 9.17) is 9.47 Å². The lowest BCUT2D eigenvalue weighted by Gasteiger charge is -2.36. The molecule has 1 amide bonds. The molecule has 1 fully saturated rings. The maximum atomic E-state index is 13.3. The van der Waals surface area contributed by atoms with Gasteiger partial charge in [-0.25, -0.2) is 0 Å². The summed E-state index contributed by atoms with van der Waals surface area (Å²) in [5.41, 5.74) is 0. The summed E-state index contributed by atoms with van der Waals surface area (Å²) in [4.78, 5) is 13.5. The topological polar surface area (TPSA) is 62.8 Å². The molecule has 1 aromatic rings. The Labute approximate surface area is 155 Å². The molecule has 0 aliphatic carbocycles. The molecule has 0 radical (unpaired) electrons. The Balaban J connectivity index is 0.00000243. The van der Waals surface area contributed by atoms with Gasteiger partial charge in [0.2, 0.25) is 6.10 Å². The molecule has 0 spiro atoms. The Morgan fingerprint density at radius 2 is 1.92 bits per heavy atom. The van der Waals surface area contributed by atoms with E-state index in [0.29, 0.717) is 24.6 Å². The molecule has 1 saturated heterocycles. The molecule has 2 heterocycles. The lowest BCUT2D eigenvalue weighted by atomic mass is 10.2. The first-order chi connectivity index (χ1) is 11.9. The average Bonchev–Trinajstić information content (AvgIpc) is 2.61. The minimum atomic E-state index is -4.42. The highest BCUT2D eigenvalue weighted by Crippen LogP contribution is 2.31. The number of piperazine rings is 1. The van der Waals surface area contributed by atoms with Crippen LogP contribution >= 0.6 is 12.4 Å². The maximum Gasteiger partial charge on any atom is 0.405 e. The Bertz CT molecular complexity index is 612. The van der Waals surface area contributed by atoms with Crippen molar-refractivity contribution in [2.45, 2.75) is 18.3 Å². The van der Waals surface area contributed by atoms with Crippen LogP contribution < -0.4 is 20.1 Å². The van der Waals surface area contributed by atoms with Crippen molar-refractivity contribution in [1.29, 1.82) is 0 Å². The van der Waals surface area contributed by atoms with Crippen LogP contribution in [0.15, 0.2) is 24.3 Å². The van der Waals surface area contributed by atoms with E-state index in [0.717, 1.165) is 0 Å². The van der Waals surface area contributed by atoms with Crippen molar-refractivity contribution in [2.75, 3.05) is 39.3 Å². The summed E-state index contributed by atoms with van der Waals surface area (Å²) in [6.45, 7) is 1.03. The van der Waals surface area contributed by atoms with Gasteiger partial charge < -0.3 is 20.1 Å². The molecule has 2 N–H and O–H groups in total. The average molecular weight is 396 g/mol. The molecule has 2 aliphatic rings. The van der Waals surface area contributed by atoms with Crippen LogP contribution in [0, 0.1) is 0 Å². The first-order valence-corrected chi connectivity index (χ1v) is 8.13. The third-order valence-corrected chi connectivity index (χ3v) is 4.24. The molecular formula is C16H21ClF3N3O3. The Hall–Kier alpha value is -1.71. The van der Waals surface area contributed by atoms with Crippen molar-refractivity contribution in [2.24, 2.45) is 0 Å². The summed E-state index contributed by atoms with van der Waals surface area (Å²) in [5, 5.41) is 5.38. The molecule has 0 saturated carbocycles. The lowest BCUT2D eigenvalue weighted by Crippen LogP contribution is -2.58. The number of ether oxygens (including phenoxy) is 2. The fourth-order valence-electron chi connectivity index (χ4n) is 2.91. The minimum Gasteiger partial charge on any atom is -0.485 e. The van der Waals surface area contributed by atoms with Crippen LogP contribution in [0.5, 0.6) is 11.5 Å². The largest absolute Gasteiger partial charge is 0.485 e. The van der Waals surface area contributed by atoms with Crippen molar-refractivity contribution in [3.05, 3.63) is 24.3 Å². The number of hydrogen-bond donors (Lipinski definition) is 2. The fraction of sp³-hybridized carbons (Fsp3) is 0.562. The zero-order chi connectivity index (χ0) is 17.9. The van der Waals surface area contributed by atoms with Crippen LogP contribution in [0.2, 0.25) is 0 Å². The standard InChI is InChI=1S/C16H20F3N3O3.ClH/c17-16(18,19)14(22-7-5-20-6-8-22)9-21-15(23)13-10-24-11-3-1-2-4-12(11)25-13;/h1-4,13-14,20H,5-10H2,(H,21,23);1H. The van der Waals surface area contributed by atoms with Gasteiger partial charge in [-0.3, -0.25) is 9.69 Å². The van der Waals surface area contributed by atoms with Gasteiger partial charge in [-0.05, 0) is 12.1 Å². The number of amides is 1. The number of nitrogens with zero attached hydrogens (tertiary/aromatic N) is 1. The second kappa shape index (κ2) is 8.79. The zero-order valence-corrected chi connectivity index (χ0v) is 14.7. The lowest BCUT2D eigenvalue weighted by molar-refractivity contribution is -0.184. The van der Waals surface area contributed by atoms with E-state index in [1.54, 1.807) is 24.3 Å². The quantitative estimate of drug-likeness (QED) is 0.802. The van der Waals surface area contributed by atoms with E-state index in [9.17, 15) is 18.0 Å². The van der Waals surface area contributed by atoms with Crippen molar-refractivity contribution in [3.8, 4) is 11.5 Å². The number of halogens is 4. The molecule has 1 aromatic carbocycles. The fourth-order valence-corrected chi connectivity index (χ4v) is 2.91. The molecule has 2 aliphatic heterocycles. The van der Waals surface area contributed by atoms with Crippen LogP contribution in [-0.4, -0.2) is 68.5 Å². The molecule has 10 heteroatoms. The van der Waals surface area contributed by atoms with Gasteiger partial charge in [-0.1, -0.05) is 12.1 Å². The van der Waals surface area contributed by atoms with Gasteiger partial charge in [0.05, 0.1) is 0 Å². The van der Waals surface area contributed by atoms with Gasteiger partial charge in [-0.15, -0.1) is 12.4 Å². The van der Waals surface area contributed by atoms with Gasteiger partial charge in [0.1, 0.15) is 12.6 Å². The van der Waals surface area contributed by atoms with E-state index in [1.807, 2.05) is 0 Å². The second-order valence-electron chi connectivity index (χ2n) is 5.95. The Kier molecular flexibility index (Phi) is 6.96. The minimum absolute atomic E-state index is 0. The molecule has 0 aromatic heterocycles. The van der Waals surface area contributed by atoms with Crippen molar-refractivity contribution >= 4 is 18.3 Å². The van der Waals surface area contributed by atoms with Crippen molar-refractivity contribution < 1.29 is 27.4 Å². The molecule has 2 unspecified atom stereocenters. The summed E-state index contributed by atoms with van der Waals surface area (Å²) >= 11 is 0. The molecule has 0 bridgehead atoms. The zero-order valence-electron chi connectivity index (χ0n) is 13.9. The van der Waals surface area contributed by atoms with Gasteiger partial charge in [-0.2, -0.15) is 13.2 Å². The normalized spacial score (nSPS) is 21.4. The number of carbonyl (C=O) groups is 1. The Morgan fingerprint density at radius 3 is 2.58 bits per heavy atom. The number of rotatable bonds is 4. The predicted molar refractivity (Wildman–Crippen MR) is 90.9 cm³/mol. The molecule has 2 atom stereocenters. The maximum absolute atomic E-state index is 13.3. The van der Waals surface area contributed by atoms with Gasteiger partial charge in [0.25, 0.3) is 5.91 Å². The first kappa shape index (κ1) is 20.6. The monoisotopic (exact) mass is 395 g/mol. The van der Waals surface area contributed by atoms with Crippen molar-refractivity contribution in [3.63, 3.8) is 0 Å². The summed E-state index contributed by atoms with van der Waals surface area (Å²) in [6, 6.07) is 5.13. The Morgan fingerprint density at radius 1 is 1.27 bits per heavy atom. The van der Waals surface area contributed by atoms with E-state index in [2.05, 4.69) is 10.6 Å². The van der Waals surface area contributed by atoms with E-state index < -0.39 is 30.8 Å². The highest BCUT2D eigenvalue weighted by atomic mass is 35.5. The third-order valence-electron chi connectivity index (χ3n) is 4.24. The van der Waals surface area contributed by atoms with Gasteiger partial charge >= 0.3 is 6.18 Å². The molecular weight excluding hydrogens is 375 g/mol. The summed E-state index contributed by atoms with van der Waals surface area (Å²) in [6.07, 6.45) is -5.38. The van der Waals surface area contributed by atoms with E-state index in [-0.39, 0.29) is 32.1 Å². The number of nitrogens with one attached hydrogen (secondary N) is 2. The van der Waals surface area contributed by atoms with Crippen LogP contribution in [0.25, 0.3) is 0 Å². The number of benzene rings is 1. The number of hydrogen-bond acceptors (Lipinski definition) is 5. The summed E-state index contributed by atoms with van der Waals surface area (Å²) in [5.74, 6) is 0.308. The smallest absolute Gasteiger partial charge is 0.405 e. The van der Waals surface area contributed by atoms with Crippen LogP contribution in [0.4, 0.5) is 13.2 Å². The van der Waals surface area contributed by atoms with E-state index >= 15 is 0 Å². The molecule has 3 rings (SSSR count).